The maximum Gasteiger partial charge on any atom is 0.334 e. The average molecular weight is 341 g/mol. The highest BCUT2D eigenvalue weighted by atomic mass is 16.6. The third-order valence-corrected chi connectivity index (χ3v) is 3.79. The van der Waals surface area contributed by atoms with Crippen molar-refractivity contribution in [1.82, 2.24) is 0 Å². The molecule has 128 valence electrons. The fourth-order valence-electron chi connectivity index (χ4n) is 2.52. The Morgan fingerprint density at radius 1 is 1.32 bits per heavy atom. The summed E-state index contributed by atoms with van der Waals surface area (Å²) >= 11 is 0. The third-order valence-electron chi connectivity index (χ3n) is 3.79. The Morgan fingerprint density at radius 2 is 2.08 bits per heavy atom. The summed E-state index contributed by atoms with van der Waals surface area (Å²) in [6.07, 6.45) is -0.158. The fraction of sp³-hybridized carbons (Fsp3) is 0.176. The van der Waals surface area contributed by atoms with Gasteiger partial charge >= 0.3 is 5.97 Å². The van der Waals surface area contributed by atoms with Crippen molar-refractivity contribution in [2.75, 3.05) is 10.6 Å². The molecule has 1 aliphatic heterocycles. The number of carbonyl (C=O) groups excluding carboxylic acids is 2. The minimum atomic E-state index is -0.824. The normalized spacial score (nSPS) is 15.6. The number of ether oxygens (including phenoxy) is 1. The third kappa shape index (κ3) is 3.57. The Hall–Kier alpha value is -3.42. The standard InChI is InChI=1S/C17H15N3O5/c1-10-6-7-11(8-14(10)20(23)24)18-16(21)9-13-17(22)25-15-5-3-2-4-12(15)19-13/h2-8,13,19H,9H2,1H3,(H,18,21). The monoisotopic (exact) mass is 341 g/mol. The van der Waals surface area contributed by atoms with E-state index in [4.69, 9.17) is 4.74 Å². The van der Waals surface area contributed by atoms with E-state index >= 15 is 0 Å². The van der Waals surface area contributed by atoms with Crippen molar-refractivity contribution >= 4 is 28.9 Å². The molecule has 8 nitrogen and oxygen atoms in total. The summed E-state index contributed by atoms with van der Waals surface area (Å²) in [6, 6.07) is 10.5. The predicted octanol–water partition coefficient (Wildman–Crippen LogP) is 2.63. The molecule has 0 saturated carbocycles. The highest BCUT2D eigenvalue weighted by molar-refractivity contribution is 5.97. The zero-order valence-electron chi connectivity index (χ0n) is 13.3. The molecule has 0 spiro atoms. The van der Waals surface area contributed by atoms with Gasteiger partial charge < -0.3 is 15.4 Å². The second kappa shape index (κ2) is 6.60. The van der Waals surface area contributed by atoms with E-state index in [1.807, 2.05) is 0 Å². The molecule has 25 heavy (non-hydrogen) atoms. The van der Waals surface area contributed by atoms with Crippen LogP contribution >= 0.6 is 0 Å². The van der Waals surface area contributed by atoms with Crippen molar-refractivity contribution in [2.45, 2.75) is 19.4 Å². The van der Waals surface area contributed by atoms with Crippen LogP contribution in [0.1, 0.15) is 12.0 Å². The second-order valence-corrected chi connectivity index (χ2v) is 5.62. The number of aryl methyl sites for hydroxylation is 1. The number of nitro benzene ring substituents is 1. The summed E-state index contributed by atoms with van der Waals surface area (Å²) in [6.45, 7) is 1.61. The Labute approximate surface area is 142 Å². The molecule has 2 N–H and O–H groups in total. The van der Waals surface area contributed by atoms with Crippen molar-refractivity contribution in [3.05, 3.63) is 58.1 Å². The van der Waals surface area contributed by atoms with E-state index in [-0.39, 0.29) is 12.1 Å². The van der Waals surface area contributed by atoms with Gasteiger partial charge in [0.2, 0.25) is 5.91 Å². The van der Waals surface area contributed by atoms with Gasteiger partial charge in [0.1, 0.15) is 6.04 Å². The number of esters is 1. The molecule has 1 atom stereocenters. The quantitative estimate of drug-likeness (QED) is 0.383. The lowest BCUT2D eigenvalue weighted by Crippen LogP contribution is -2.39. The minimum Gasteiger partial charge on any atom is -0.423 e. The summed E-state index contributed by atoms with van der Waals surface area (Å²) in [5, 5.41) is 16.5. The molecule has 8 heteroatoms. The van der Waals surface area contributed by atoms with Crippen LogP contribution < -0.4 is 15.4 Å². The zero-order chi connectivity index (χ0) is 18.0. The largest absolute Gasteiger partial charge is 0.423 e. The maximum absolute atomic E-state index is 12.2. The Morgan fingerprint density at radius 3 is 2.84 bits per heavy atom. The van der Waals surface area contributed by atoms with Crippen molar-refractivity contribution < 1.29 is 19.2 Å². The van der Waals surface area contributed by atoms with Crippen LogP contribution in [0, 0.1) is 17.0 Å². The molecule has 1 amide bonds. The molecule has 1 heterocycles. The van der Waals surface area contributed by atoms with Gasteiger partial charge in [-0.3, -0.25) is 14.9 Å². The number of amides is 1. The van der Waals surface area contributed by atoms with E-state index < -0.39 is 22.8 Å². The maximum atomic E-state index is 12.2. The number of hydrogen-bond acceptors (Lipinski definition) is 6. The molecular formula is C17H15N3O5. The molecule has 0 aliphatic carbocycles. The molecular weight excluding hydrogens is 326 g/mol. The Bertz CT molecular complexity index is 865. The van der Waals surface area contributed by atoms with Crippen molar-refractivity contribution in [3.63, 3.8) is 0 Å². The number of nitrogens with one attached hydrogen (secondary N) is 2. The van der Waals surface area contributed by atoms with E-state index in [0.29, 0.717) is 22.7 Å². The van der Waals surface area contributed by atoms with Crippen LogP contribution in [0.2, 0.25) is 0 Å². The van der Waals surface area contributed by atoms with Crippen LogP contribution in [-0.2, 0) is 9.59 Å². The summed E-state index contributed by atoms with van der Waals surface area (Å²) < 4.78 is 5.19. The topological polar surface area (TPSA) is 111 Å². The molecule has 0 radical (unpaired) electrons. The zero-order valence-corrected chi connectivity index (χ0v) is 13.3. The molecule has 2 aromatic carbocycles. The molecule has 1 aliphatic rings. The SMILES string of the molecule is Cc1ccc(NC(=O)CC2Nc3ccccc3OC2=O)cc1[N+](=O)[O-]. The highest BCUT2D eigenvalue weighted by Crippen LogP contribution is 2.29. The average Bonchev–Trinajstić information content (AvgIpc) is 2.57. The van der Waals surface area contributed by atoms with Crippen LogP contribution in [0.15, 0.2) is 42.5 Å². The number of hydrogen-bond donors (Lipinski definition) is 2. The number of carbonyl (C=O) groups is 2. The summed E-state index contributed by atoms with van der Waals surface area (Å²) in [4.78, 5) is 34.6. The molecule has 0 fully saturated rings. The Balaban J connectivity index is 1.68. The summed E-state index contributed by atoms with van der Waals surface area (Å²) in [5.41, 5.74) is 1.34. The van der Waals surface area contributed by atoms with Crippen molar-refractivity contribution in [1.29, 1.82) is 0 Å². The van der Waals surface area contributed by atoms with Crippen LogP contribution in [0.25, 0.3) is 0 Å². The van der Waals surface area contributed by atoms with Crippen molar-refractivity contribution in [3.8, 4) is 5.75 Å². The summed E-state index contributed by atoms with van der Waals surface area (Å²) in [5.74, 6) is -0.589. The number of nitro groups is 1. The van der Waals surface area contributed by atoms with Crippen LogP contribution in [-0.4, -0.2) is 22.8 Å². The van der Waals surface area contributed by atoms with E-state index in [2.05, 4.69) is 10.6 Å². The first-order chi connectivity index (χ1) is 11.9. The molecule has 1 unspecified atom stereocenters. The van der Waals surface area contributed by atoms with Crippen LogP contribution in [0.3, 0.4) is 0 Å². The first-order valence-electron chi connectivity index (χ1n) is 7.56. The summed E-state index contributed by atoms with van der Waals surface area (Å²) in [7, 11) is 0. The van der Waals surface area contributed by atoms with Gasteiger partial charge in [-0.15, -0.1) is 0 Å². The van der Waals surface area contributed by atoms with Gasteiger partial charge in [-0.05, 0) is 25.1 Å². The number of nitrogens with zero attached hydrogens (tertiary/aromatic N) is 1. The first-order valence-corrected chi connectivity index (χ1v) is 7.56. The predicted molar refractivity (Wildman–Crippen MR) is 90.6 cm³/mol. The van der Waals surface area contributed by atoms with E-state index in [1.165, 1.54) is 6.07 Å². The minimum absolute atomic E-state index is 0.0815. The van der Waals surface area contributed by atoms with Gasteiger partial charge in [-0.2, -0.15) is 0 Å². The fourth-order valence-corrected chi connectivity index (χ4v) is 2.52. The number of fused-ring (bicyclic) bond motifs is 1. The number of benzene rings is 2. The number of rotatable bonds is 4. The lowest BCUT2D eigenvalue weighted by Gasteiger charge is -2.24. The molecule has 3 rings (SSSR count). The first kappa shape index (κ1) is 16.4. The Kier molecular flexibility index (Phi) is 4.34. The lowest BCUT2D eigenvalue weighted by atomic mass is 10.1. The molecule has 2 aromatic rings. The second-order valence-electron chi connectivity index (χ2n) is 5.62. The van der Waals surface area contributed by atoms with E-state index in [1.54, 1.807) is 43.3 Å². The van der Waals surface area contributed by atoms with Crippen LogP contribution in [0.4, 0.5) is 17.1 Å². The highest BCUT2D eigenvalue weighted by Gasteiger charge is 2.29. The van der Waals surface area contributed by atoms with Crippen LogP contribution in [0.5, 0.6) is 5.75 Å². The van der Waals surface area contributed by atoms with Gasteiger partial charge in [-0.25, -0.2) is 4.79 Å². The van der Waals surface area contributed by atoms with Crippen molar-refractivity contribution in [2.24, 2.45) is 0 Å². The smallest absolute Gasteiger partial charge is 0.334 e. The van der Waals surface area contributed by atoms with E-state index in [9.17, 15) is 19.7 Å². The molecule has 0 saturated heterocycles. The van der Waals surface area contributed by atoms with Gasteiger partial charge in [0.25, 0.3) is 5.69 Å². The molecule has 0 aromatic heterocycles. The van der Waals surface area contributed by atoms with Gasteiger partial charge in [0.05, 0.1) is 17.0 Å². The van der Waals surface area contributed by atoms with Gasteiger partial charge in [0.15, 0.2) is 5.75 Å². The molecule has 0 bridgehead atoms. The number of anilines is 2. The van der Waals surface area contributed by atoms with E-state index in [0.717, 1.165) is 0 Å². The lowest BCUT2D eigenvalue weighted by molar-refractivity contribution is -0.385. The number of para-hydroxylation sites is 2. The van der Waals surface area contributed by atoms with Gasteiger partial charge in [0, 0.05) is 17.3 Å². The van der Waals surface area contributed by atoms with Gasteiger partial charge in [-0.1, -0.05) is 18.2 Å².